The molecule has 3 nitrogen and oxygen atoms in total. The Balaban J connectivity index is 2.31. The molecule has 1 saturated heterocycles. The quantitative estimate of drug-likeness (QED) is 0.704. The fraction of sp³-hybridized carbons (Fsp3) is 0.786. The number of carbonyl (C=O) groups is 1. The van der Waals surface area contributed by atoms with Gasteiger partial charge in [-0.1, -0.05) is 6.08 Å². The molecule has 3 heteroatoms. The van der Waals surface area contributed by atoms with Gasteiger partial charge in [-0.2, -0.15) is 0 Å². The minimum atomic E-state index is -0.392. The SMILES string of the molecule is C=CCCC1CCN(C(=O)OC(C)(C)C)CC1. The Morgan fingerprint density at radius 1 is 1.41 bits per heavy atom. The van der Waals surface area contributed by atoms with E-state index in [9.17, 15) is 4.79 Å². The minimum absolute atomic E-state index is 0.167. The zero-order chi connectivity index (χ0) is 12.9. The Bertz CT molecular complexity index is 260. The summed E-state index contributed by atoms with van der Waals surface area (Å²) in [5.41, 5.74) is -0.392. The molecule has 1 heterocycles. The zero-order valence-corrected chi connectivity index (χ0v) is 11.4. The molecule has 0 bridgehead atoms. The molecule has 1 aliphatic heterocycles. The number of hydrogen-bond acceptors (Lipinski definition) is 2. The van der Waals surface area contributed by atoms with Gasteiger partial charge in [-0.25, -0.2) is 4.79 Å². The predicted octanol–water partition coefficient (Wildman–Crippen LogP) is 3.60. The van der Waals surface area contributed by atoms with Crippen LogP contribution in [0.1, 0.15) is 46.5 Å². The normalized spacial score (nSPS) is 17.9. The fourth-order valence-corrected chi connectivity index (χ4v) is 2.08. The zero-order valence-electron chi connectivity index (χ0n) is 11.4. The van der Waals surface area contributed by atoms with Crippen LogP contribution in [-0.2, 0) is 4.74 Å². The van der Waals surface area contributed by atoms with Crippen LogP contribution in [0, 0.1) is 5.92 Å². The van der Waals surface area contributed by atoms with E-state index in [2.05, 4.69) is 6.58 Å². The summed E-state index contributed by atoms with van der Waals surface area (Å²) in [5, 5.41) is 0. The Morgan fingerprint density at radius 2 is 2.00 bits per heavy atom. The second-order valence-electron chi connectivity index (χ2n) is 5.78. The number of rotatable bonds is 3. The topological polar surface area (TPSA) is 29.5 Å². The van der Waals surface area contributed by atoms with Crippen molar-refractivity contribution in [3.05, 3.63) is 12.7 Å². The molecule has 0 aromatic carbocycles. The van der Waals surface area contributed by atoms with E-state index in [0.717, 1.165) is 38.3 Å². The molecule has 0 spiro atoms. The van der Waals surface area contributed by atoms with Crippen LogP contribution in [0.4, 0.5) is 4.79 Å². The van der Waals surface area contributed by atoms with Crippen molar-refractivity contribution < 1.29 is 9.53 Å². The lowest BCUT2D eigenvalue weighted by Gasteiger charge is -2.33. The van der Waals surface area contributed by atoms with Crippen LogP contribution < -0.4 is 0 Å². The van der Waals surface area contributed by atoms with E-state index in [1.54, 1.807) is 0 Å². The molecule has 0 aromatic heterocycles. The largest absolute Gasteiger partial charge is 0.444 e. The second-order valence-corrected chi connectivity index (χ2v) is 5.78. The predicted molar refractivity (Wildman–Crippen MR) is 70.0 cm³/mol. The van der Waals surface area contributed by atoms with Crippen LogP contribution in [0.2, 0.25) is 0 Å². The summed E-state index contributed by atoms with van der Waals surface area (Å²) in [6.45, 7) is 11.1. The van der Waals surface area contributed by atoms with Gasteiger partial charge in [-0.05, 0) is 52.4 Å². The fourth-order valence-electron chi connectivity index (χ4n) is 2.08. The van der Waals surface area contributed by atoms with E-state index in [1.165, 1.54) is 6.42 Å². The van der Waals surface area contributed by atoms with Crippen molar-refractivity contribution in [3.63, 3.8) is 0 Å². The van der Waals surface area contributed by atoms with Gasteiger partial charge in [0, 0.05) is 13.1 Å². The van der Waals surface area contributed by atoms with Crippen molar-refractivity contribution in [1.29, 1.82) is 0 Å². The third kappa shape index (κ3) is 5.24. The van der Waals surface area contributed by atoms with Crippen molar-refractivity contribution in [2.75, 3.05) is 13.1 Å². The number of piperidine rings is 1. The van der Waals surface area contributed by atoms with Crippen LogP contribution in [-0.4, -0.2) is 29.7 Å². The molecule has 98 valence electrons. The van der Waals surface area contributed by atoms with E-state index in [0.29, 0.717) is 0 Å². The highest BCUT2D eigenvalue weighted by Crippen LogP contribution is 2.23. The van der Waals surface area contributed by atoms with Crippen molar-refractivity contribution in [1.82, 2.24) is 4.90 Å². The van der Waals surface area contributed by atoms with Crippen molar-refractivity contribution in [2.24, 2.45) is 5.92 Å². The van der Waals surface area contributed by atoms with E-state index in [-0.39, 0.29) is 6.09 Å². The van der Waals surface area contributed by atoms with Crippen LogP contribution in [0.3, 0.4) is 0 Å². The smallest absolute Gasteiger partial charge is 0.410 e. The summed E-state index contributed by atoms with van der Waals surface area (Å²) in [6, 6.07) is 0. The van der Waals surface area contributed by atoms with Crippen LogP contribution in [0.5, 0.6) is 0 Å². The number of hydrogen-bond donors (Lipinski definition) is 0. The van der Waals surface area contributed by atoms with E-state index in [4.69, 9.17) is 4.74 Å². The maximum Gasteiger partial charge on any atom is 0.410 e. The first kappa shape index (κ1) is 14.1. The molecule has 17 heavy (non-hydrogen) atoms. The number of likely N-dealkylation sites (tertiary alicyclic amines) is 1. The molecule has 1 aliphatic rings. The first-order valence-corrected chi connectivity index (χ1v) is 6.51. The number of nitrogens with zero attached hydrogens (tertiary/aromatic N) is 1. The Kier molecular flexibility index (Phi) is 5.03. The molecule has 1 rings (SSSR count). The third-order valence-corrected chi connectivity index (χ3v) is 3.05. The highest BCUT2D eigenvalue weighted by molar-refractivity contribution is 5.68. The summed E-state index contributed by atoms with van der Waals surface area (Å²) < 4.78 is 5.36. The van der Waals surface area contributed by atoms with Gasteiger partial charge in [0.05, 0.1) is 0 Å². The lowest BCUT2D eigenvalue weighted by molar-refractivity contribution is 0.0181. The molecule has 1 fully saturated rings. The van der Waals surface area contributed by atoms with E-state index in [1.807, 2.05) is 31.7 Å². The van der Waals surface area contributed by atoms with Crippen molar-refractivity contribution >= 4 is 6.09 Å². The molecule has 0 radical (unpaired) electrons. The average Bonchev–Trinajstić information content (AvgIpc) is 2.24. The first-order chi connectivity index (χ1) is 7.92. The maximum absolute atomic E-state index is 11.8. The summed E-state index contributed by atoms with van der Waals surface area (Å²) in [4.78, 5) is 13.7. The first-order valence-electron chi connectivity index (χ1n) is 6.51. The number of carbonyl (C=O) groups excluding carboxylic acids is 1. The van der Waals surface area contributed by atoms with Crippen molar-refractivity contribution in [3.8, 4) is 0 Å². The molecule has 0 aliphatic carbocycles. The lowest BCUT2D eigenvalue weighted by atomic mass is 9.92. The standard InChI is InChI=1S/C14H25NO2/c1-5-6-7-12-8-10-15(11-9-12)13(16)17-14(2,3)4/h5,12H,1,6-11H2,2-4H3. The summed E-state index contributed by atoms with van der Waals surface area (Å²) in [6.07, 6.45) is 6.27. The van der Waals surface area contributed by atoms with Crippen LogP contribution in [0.25, 0.3) is 0 Å². The van der Waals surface area contributed by atoms with Gasteiger partial charge in [0.15, 0.2) is 0 Å². The summed E-state index contributed by atoms with van der Waals surface area (Å²) >= 11 is 0. The highest BCUT2D eigenvalue weighted by atomic mass is 16.6. The minimum Gasteiger partial charge on any atom is -0.444 e. The number of ether oxygens (including phenoxy) is 1. The Morgan fingerprint density at radius 3 is 2.47 bits per heavy atom. The Hall–Kier alpha value is -0.990. The van der Waals surface area contributed by atoms with Crippen LogP contribution >= 0.6 is 0 Å². The average molecular weight is 239 g/mol. The van der Waals surface area contributed by atoms with Gasteiger partial charge in [-0.15, -0.1) is 6.58 Å². The number of allylic oxidation sites excluding steroid dienone is 1. The molecular weight excluding hydrogens is 214 g/mol. The van der Waals surface area contributed by atoms with Gasteiger partial charge in [0.2, 0.25) is 0 Å². The summed E-state index contributed by atoms with van der Waals surface area (Å²) in [5.74, 6) is 0.742. The molecule has 1 amide bonds. The molecule has 0 unspecified atom stereocenters. The van der Waals surface area contributed by atoms with Gasteiger partial charge < -0.3 is 9.64 Å². The molecule has 0 N–H and O–H groups in total. The second kappa shape index (κ2) is 6.08. The highest BCUT2D eigenvalue weighted by Gasteiger charge is 2.26. The van der Waals surface area contributed by atoms with Gasteiger partial charge in [-0.3, -0.25) is 0 Å². The Labute approximate surface area is 105 Å². The van der Waals surface area contributed by atoms with Gasteiger partial charge in [0.1, 0.15) is 5.60 Å². The van der Waals surface area contributed by atoms with Gasteiger partial charge >= 0.3 is 6.09 Å². The molecule has 0 aromatic rings. The van der Waals surface area contributed by atoms with Crippen molar-refractivity contribution in [2.45, 2.75) is 52.1 Å². The van der Waals surface area contributed by atoms with Crippen LogP contribution in [0.15, 0.2) is 12.7 Å². The lowest BCUT2D eigenvalue weighted by Crippen LogP contribution is -2.41. The molecule has 0 saturated carbocycles. The van der Waals surface area contributed by atoms with E-state index < -0.39 is 5.60 Å². The maximum atomic E-state index is 11.8. The monoisotopic (exact) mass is 239 g/mol. The van der Waals surface area contributed by atoms with E-state index >= 15 is 0 Å². The third-order valence-electron chi connectivity index (χ3n) is 3.05. The number of amides is 1. The van der Waals surface area contributed by atoms with Gasteiger partial charge in [0.25, 0.3) is 0 Å². The molecular formula is C14H25NO2. The summed E-state index contributed by atoms with van der Waals surface area (Å²) in [7, 11) is 0. The molecule has 0 atom stereocenters.